The van der Waals surface area contributed by atoms with Crippen LogP contribution in [0.25, 0.3) is 10.8 Å². The van der Waals surface area contributed by atoms with Gasteiger partial charge >= 0.3 is 0 Å². The lowest BCUT2D eigenvalue weighted by Gasteiger charge is -2.30. The van der Waals surface area contributed by atoms with Crippen molar-refractivity contribution in [2.24, 2.45) is 5.92 Å². The van der Waals surface area contributed by atoms with Gasteiger partial charge in [-0.25, -0.2) is 0 Å². The third kappa shape index (κ3) is 2.85. The molecule has 0 heterocycles. The Bertz CT molecular complexity index is 1310. The van der Waals surface area contributed by atoms with E-state index in [2.05, 4.69) is 134 Å². The predicted molar refractivity (Wildman–Crippen MR) is 136 cm³/mol. The fraction of sp³-hybridized carbons (Fsp3) is 0.161. The molecule has 2 unspecified atom stereocenters. The Kier molecular flexibility index (Phi) is 4.33. The quantitative estimate of drug-likeness (QED) is 0.326. The predicted octanol–water partition coefficient (Wildman–Crippen LogP) is 8.43. The van der Waals surface area contributed by atoms with E-state index in [1.807, 2.05) is 0 Å². The lowest BCUT2D eigenvalue weighted by atomic mass is 9.74. The van der Waals surface area contributed by atoms with Gasteiger partial charge in [-0.1, -0.05) is 92.7 Å². The van der Waals surface area contributed by atoms with E-state index in [1.54, 1.807) is 0 Å². The molecule has 6 rings (SSSR count). The number of fused-ring (bicyclic) bond motifs is 5. The van der Waals surface area contributed by atoms with E-state index in [-0.39, 0.29) is 5.41 Å². The second-order valence-electron chi connectivity index (χ2n) is 9.48. The average Bonchev–Trinajstić information content (AvgIpc) is 3.08. The Hall–Kier alpha value is -3.58. The summed E-state index contributed by atoms with van der Waals surface area (Å²) in [5.41, 5.74) is 6.63. The van der Waals surface area contributed by atoms with E-state index in [0.29, 0.717) is 11.8 Å². The van der Waals surface area contributed by atoms with Crippen LogP contribution in [-0.4, -0.2) is 0 Å². The minimum Gasteiger partial charge on any atom is -0.310 e. The molecule has 0 saturated carbocycles. The largest absolute Gasteiger partial charge is 0.310 e. The highest BCUT2D eigenvalue weighted by molar-refractivity contribution is 5.93. The van der Waals surface area contributed by atoms with Crippen molar-refractivity contribution in [3.8, 4) is 0 Å². The molecule has 0 saturated heterocycles. The van der Waals surface area contributed by atoms with Crippen molar-refractivity contribution in [3.05, 3.63) is 126 Å². The van der Waals surface area contributed by atoms with Crippen LogP contribution in [0.15, 0.2) is 115 Å². The van der Waals surface area contributed by atoms with Gasteiger partial charge in [0.2, 0.25) is 0 Å². The van der Waals surface area contributed by atoms with Crippen molar-refractivity contribution in [1.82, 2.24) is 0 Å². The third-order valence-corrected chi connectivity index (χ3v) is 7.29. The maximum Gasteiger partial charge on any atom is 0.0468 e. The molecule has 2 aliphatic rings. The molecule has 2 aliphatic carbocycles. The van der Waals surface area contributed by atoms with Crippen molar-refractivity contribution in [3.63, 3.8) is 0 Å². The summed E-state index contributed by atoms with van der Waals surface area (Å²) in [6.07, 6.45) is 9.20. The van der Waals surface area contributed by atoms with Gasteiger partial charge in [-0.2, -0.15) is 0 Å². The zero-order valence-corrected chi connectivity index (χ0v) is 18.6. The zero-order chi connectivity index (χ0) is 21.7. The second kappa shape index (κ2) is 7.24. The van der Waals surface area contributed by atoms with E-state index in [4.69, 9.17) is 0 Å². The van der Waals surface area contributed by atoms with Gasteiger partial charge in [0.15, 0.2) is 0 Å². The first-order valence-electron chi connectivity index (χ1n) is 11.5. The molecule has 156 valence electrons. The number of allylic oxidation sites excluding steroid dienone is 4. The topological polar surface area (TPSA) is 3.24 Å². The molecule has 4 aromatic carbocycles. The molecule has 0 radical (unpaired) electrons. The van der Waals surface area contributed by atoms with E-state index in [9.17, 15) is 0 Å². The summed E-state index contributed by atoms with van der Waals surface area (Å²) in [7, 11) is 0. The van der Waals surface area contributed by atoms with Crippen LogP contribution in [-0.2, 0) is 5.41 Å². The van der Waals surface area contributed by atoms with Crippen molar-refractivity contribution >= 4 is 27.8 Å². The third-order valence-electron chi connectivity index (χ3n) is 7.29. The molecular weight excluding hydrogens is 386 g/mol. The Morgan fingerprint density at radius 2 is 1.31 bits per heavy atom. The molecule has 4 aromatic rings. The molecule has 1 heteroatoms. The minimum absolute atomic E-state index is 0.112. The van der Waals surface area contributed by atoms with Crippen LogP contribution in [0.3, 0.4) is 0 Å². The smallest absolute Gasteiger partial charge is 0.0468 e. The molecule has 0 aromatic heterocycles. The van der Waals surface area contributed by atoms with Crippen LogP contribution in [0.4, 0.5) is 17.1 Å². The van der Waals surface area contributed by atoms with Gasteiger partial charge < -0.3 is 4.90 Å². The summed E-state index contributed by atoms with van der Waals surface area (Å²) in [6.45, 7) is 4.82. The summed E-state index contributed by atoms with van der Waals surface area (Å²) >= 11 is 0. The molecule has 0 bridgehead atoms. The number of hydrogen-bond acceptors (Lipinski definition) is 1. The fourth-order valence-electron chi connectivity index (χ4n) is 5.83. The fourth-order valence-corrected chi connectivity index (χ4v) is 5.83. The number of anilines is 3. The normalized spacial score (nSPS) is 20.2. The van der Waals surface area contributed by atoms with E-state index < -0.39 is 0 Å². The van der Waals surface area contributed by atoms with Crippen molar-refractivity contribution in [1.29, 1.82) is 0 Å². The zero-order valence-electron chi connectivity index (χ0n) is 18.6. The molecular formula is C31H27N. The molecule has 32 heavy (non-hydrogen) atoms. The van der Waals surface area contributed by atoms with Gasteiger partial charge in [0, 0.05) is 23.0 Å². The maximum atomic E-state index is 2.41. The highest BCUT2D eigenvalue weighted by atomic mass is 15.1. The standard InChI is InChI=1S/C31H27N/c1-31(2)29-16-10-9-15-27(29)28-19-17-22-21-25(18-20-26(22)30(28)31)32(23-11-5-3-6-12-23)24-13-7-4-8-14-24/h3-21,27,29H,1-2H3. The highest BCUT2D eigenvalue weighted by Crippen LogP contribution is 2.55. The highest BCUT2D eigenvalue weighted by Gasteiger charge is 2.45. The Morgan fingerprint density at radius 3 is 2.00 bits per heavy atom. The Balaban J connectivity index is 1.53. The van der Waals surface area contributed by atoms with E-state index in [0.717, 1.165) is 0 Å². The van der Waals surface area contributed by atoms with Gasteiger partial charge in [-0.3, -0.25) is 0 Å². The molecule has 1 nitrogen and oxygen atoms in total. The van der Waals surface area contributed by atoms with Crippen LogP contribution in [0.5, 0.6) is 0 Å². The number of benzene rings is 4. The van der Waals surface area contributed by atoms with Crippen LogP contribution in [0, 0.1) is 5.92 Å². The summed E-state index contributed by atoms with van der Waals surface area (Å²) in [5.74, 6) is 1.01. The van der Waals surface area contributed by atoms with E-state index in [1.165, 1.54) is 39.0 Å². The van der Waals surface area contributed by atoms with Crippen molar-refractivity contribution in [2.75, 3.05) is 4.90 Å². The average molecular weight is 414 g/mol. The van der Waals surface area contributed by atoms with Gasteiger partial charge in [0.05, 0.1) is 0 Å². The molecule has 0 N–H and O–H groups in total. The molecule has 0 amide bonds. The summed E-state index contributed by atoms with van der Waals surface area (Å²) in [6, 6.07) is 32.9. The molecule has 0 aliphatic heterocycles. The first kappa shape index (κ1) is 19.1. The lowest BCUT2D eigenvalue weighted by molar-refractivity contribution is 0.396. The van der Waals surface area contributed by atoms with Crippen LogP contribution >= 0.6 is 0 Å². The molecule has 0 fully saturated rings. The summed E-state index contributed by atoms with van der Waals surface area (Å²) in [5, 5.41) is 2.69. The monoisotopic (exact) mass is 413 g/mol. The van der Waals surface area contributed by atoms with Gasteiger partial charge in [0.1, 0.15) is 0 Å². The van der Waals surface area contributed by atoms with Gasteiger partial charge in [0.25, 0.3) is 0 Å². The van der Waals surface area contributed by atoms with Gasteiger partial charge in [-0.05, 0) is 69.6 Å². The first-order valence-corrected chi connectivity index (χ1v) is 11.5. The SMILES string of the molecule is CC1(C)c2c(ccc3cc(N(c4ccccc4)c4ccccc4)ccc23)C2C=CC=CC21. The first-order chi connectivity index (χ1) is 15.6. The second-order valence-corrected chi connectivity index (χ2v) is 9.48. The molecule has 0 spiro atoms. The van der Waals surface area contributed by atoms with E-state index >= 15 is 0 Å². The van der Waals surface area contributed by atoms with Crippen molar-refractivity contribution in [2.45, 2.75) is 25.2 Å². The lowest BCUT2D eigenvalue weighted by Crippen LogP contribution is -2.24. The Morgan fingerprint density at radius 1 is 0.656 bits per heavy atom. The Labute approximate surface area is 190 Å². The number of rotatable bonds is 3. The summed E-state index contributed by atoms with van der Waals surface area (Å²) < 4.78 is 0. The number of nitrogens with zero attached hydrogens (tertiary/aromatic N) is 1. The van der Waals surface area contributed by atoms with Crippen molar-refractivity contribution < 1.29 is 0 Å². The maximum absolute atomic E-state index is 2.41. The van der Waals surface area contributed by atoms with Gasteiger partial charge in [-0.15, -0.1) is 0 Å². The van der Waals surface area contributed by atoms with Crippen LogP contribution in [0.2, 0.25) is 0 Å². The number of para-hydroxylation sites is 2. The van der Waals surface area contributed by atoms with Crippen LogP contribution in [0.1, 0.15) is 30.9 Å². The van der Waals surface area contributed by atoms with Crippen LogP contribution < -0.4 is 4.90 Å². The minimum atomic E-state index is 0.112. The number of hydrogen-bond donors (Lipinski definition) is 0. The molecule has 2 atom stereocenters. The summed E-state index contributed by atoms with van der Waals surface area (Å²) in [4.78, 5) is 2.34.